The Bertz CT molecular complexity index is 237. The Morgan fingerprint density at radius 1 is 1.70 bits per heavy atom. The third kappa shape index (κ3) is 1.36. The summed E-state index contributed by atoms with van der Waals surface area (Å²) in [5.74, 6) is 0. The molecule has 0 saturated heterocycles. The average molecular weight is 202 g/mol. The van der Waals surface area contributed by atoms with E-state index in [2.05, 4.69) is 20.9 Å². The van der Waals surface area contributed by atoms with E-state index in [0.29, 0.717) is 0 Å². The van der Waals surface area contributed by atoms with Gasteiger partial charge >= 0.3 is 0 Å². The van der Waals surface area contributed by atoms with E-state index in [1.807, 2.05) is 6.92 Å². The molecule has 1 N–H and O–H groups in total. The maximum Gasteiger partial charge on any atom is 0.109 e. The lowest BCUT2D eigenvalue weighted by molar-refractivity contribution is 0.281. The van der Waals surface area contributed by atoms with E-state index in [1.54, 1.807) is 12.3 Å². The third-order valence-corrected chi connectivity index (χ3v) is 2.22. The molecule has 0 amide bonds. The van der Waals surface area contributed by atoms with Gasteiger partial charge in [0.25, 0.3) is 0 Å². The summed E-state index contributed by atoms with van der Waals surface area (Å²) >= 11 is 3.26. The number of nitrogens with zero attached hydrogens (tertiary/aromatic N) is 1. The van der Waals surface area contributed by atoms with Gasteiger partial charge in [0.1, 0.15) is 4.60 Å². The molecule has 0 fully saturated rings. The molecule has 0 aliphatic rings. The number of pyridine rings is 1. The maximum atomic E-state index is 8.79. The molecule has 0 unspecified atom stereocenters. The zero-order valence-electron chi connectivity index (χ0n) is 5.63. The molecule has 0 bridgehead atoms. The molecule has 2 nitrogen and oxygen atoms in total. The second-order valence-corrected chi connectivity index (χ2v) is 2.80. The first-order valence-electron chi connectivity index (χ1n) is 2.96. The number of aliphatic hydroxyl groups excluding tert-OH is 1. The van der Waals surface area contributed by atoms with Gasteiger partial charge in [-0.2, -0.15) is 0 Å². The predicted octanol–water partition coefficient (Wildman–Crippen LogP) is 1.64. The van der Waals surface area contributed by atoms with E-state index in [1.165, 1.54) is 0 Å². The largest absolute Gasteiger partial charge is 0.392 e. The number of hydrogen-bond acceptors (Lipinski definition) is 2. The Balaban J connectivity index is 3.14. The van der Waals surface area contributed by atoms with Gasteiger partial charge in [0.05, 0.1) is 6.61 Å². The smallest absolute Gasteiger partial charge is 0.109 e. The molecule has 0 radical (unpaired) electrons. The minimum absolute atomic E-state index is 0.0763. The summed E-state index contributed by atoms with van der Waals surface area (Å²) in [6, 6.07) is 1.81. The van der Waals surface area contributed by atoms with Crippen molar-refractivity contribution in [3.63, 3.8) is 0 Å². The SMILES string of the molecule is Cc1c(CO)ccnc1Br. The molecular formula is C7H8BrNO. The fraction of sp³-hybridized carbons (Fsp3) is 0.286. The lowest BCUT2D eigenvalue weighted by Gasteiger charge is -2.01. The first-order chi connectivity index (χ1) is 4.75. The van der Waals surface area contributed by atoms with Gasteiger partial charge in [-0.3, -0.25) is 0 Å². The predicted molar refractivity (Wildman–Crippen MR) is 42.6 cm³/mol. The highest BCUT2D eigenvalue weighted by Crippen LogP contribution is 2.15. The van der Waals surface area contributed by atoms with Crippen molar-refractivity contribution in [1.82, 2.24) is 4.98 Å². The van der Waals surface area contributed by atoms with E-state index < -0.39 is 0 Å². The van der Waals surface area contributed by atoms with E-state index in [4.69, 9.17) is 5.11 Å². The minimum Gasteiger partial charge on any atom is -0.392 e. The zero-order valence-corrected chi connectivity index (χ0v) is 7.22. The highest BCUT2D eigenvalue weighted by Gasteiger charge is 1.99. The van der Waals surface area contributed by atoms with Crippen molar-refractivity contribution >= 4 is 15.9 Å². The number of halogens is 1. The monoisotopic (exact) mass is 201 g/mol. The fourth-order valence-corrected chi connectivity index (χ4v) is 1.09. The quantitative estimate of drug-likeness (QED) is 0.702. The molecule has 0 aromatic carbocycles. The Kier molecular flexibility index (Phi) is 2.40. The van der Waals surface area contributed by atoms with Crippen LogP contribution in [0.4, 0.5) is 0 Å². The van der Waals surface area contributed by atoms with Gasteiger partial charge in [-0.05, 0) is 40.0 Å². The van der Waals surface area contributed by atoms with Gasteiger partial charge < -0.3 is 5.11 Å². The summed E-state index contributed by atoms with van der Waals surface area (Å²) in [7, 11) is 0. The number of hydrogen-bond donors (Lipinski definition) is 1. The summed E-state index contributed by atoms with van der Waals surface area (Å²) in [4.78, 5) is 3.99. The van der Waals surface area contributed by atoms with E-state index in [-0.39, 0.29) is 6.61 Å². The number of aromatic nitrogens is 1. The lowest BCUT2D eigenvalue weighted by atomic mass is 10.2. The van der Waals surface area contributed by atoms with E-state index in [9.17, 15) is 0 Å². The third-order valence-electron chi connectivity index (χ3n) is 1.43. The number of rotatable bonds is 1. The Labute approximate surface area is 68.0 Å². The van der Waals surface area contributed by atoms with Crippen molar-refractivity contribution in [3.8, 4) is 0 Å². The van der Waals surface area contributed by atoms with Crippen LogP contribution < -0.4 is 0 Å². The second kappa shape index (κ2) is 3.12. The molecule has 3 heteroatoms. The summed E-state index contributed by atoms with van der Waals surface area (Å²) in [5, 5.41) is 8.79. The Morgan fingerprint density at radius 2 is 2.40 bits per heavy atom. The van der Waals surface area contributed by atoms with Crippen molar-refractivity contribution in [2.24, 2.45) is 0 Å². The van der Waals surface area contributed by atoms with E-state index in [0.717, 1.165) is 15.7 Å². The zero-order chi connectivity index (χ0) is 7.56. The van der Waals surface area contributed by atoms with Crippen molar-refractivity contribution in [2.45, 2.75) is 13.5 Å². The van der Waals surface area contributed by atoms with Crippen LogP contribution in [0.5, 0.6) is 0 Å². The first kappa shape index (κ1) is 7.69. The van der Waals surface area contributed by atoms with Crippen molar-refractivity contribution < 1.29 is 5.11 Å². The number of aliphatic hydroxyl groups is 1. The van der Waals surface area contributed by atoms with Crippen LogP contribution in [0.3, 0.4) is 0 Å². The summed E-state index contributed by atoms with van der Waals surface area (Å²) in [5.41, 5.74) is 1.92. The van der Waals surface area contributed by atoms with Crippen molar-refractivity contribution in [2.75, 3.05) is 0 Å². The molecule has 0 spiro atoms. The van der Waals surface area contributed by atoms with Crippen LogP contribution in [0.25, 0.3) is 0 Å². The van der Waals surface area contributed by atoms with Crippen molar-refractivity contribution in [3.05, 3.63) is 28.0 Å². The highest BCUT2D eigenvalue weighted by atomic mass is 79.9. The molecule has 1 aromatic heterocycles. The highest BCUT2D eigenvalue weighted by molar-refractivity contribution is 9.10. The second-order valence-electron chi connectivity index (χ2n) is 2.04. The lowest BCUT2D eigenvalue weighted by Crippen LogP contribution is -1.90. The Hall–Kier alpha value is -0.410. The van der Waals surface area contributed by atoms with Crippen molar-refractivity contribution in [1.29, 1.82) is 0 Å². The summed E-state index contributed by atoms with van der Waals surface area (Å²) < 4.78 is 0.805. The standard InChI is InChI=1S/C7H8BrNO/c1-5-6(4-10)2-3-9-7(5)8/h2-3,10H,4H2,1H3. The van der Waals surface area contributed by atoms with Crippen LogP contribution in [-0.4, -0.2) is 10.1 Å². The van der Waals surface area contributed by atoms with Crippen LogP contribution in [0.1, 0.15) is 11.1 Å². The molecule has 54 valence electrons. The first-order valence-corrected chi connectivity index (χ1v) is 3.76. The van der Waals surface area contributed by atoms with Crippen LogP contribution in [-0.2, 0) is 6.61 Å². The van der Waals surface area contributed by atoms with Gasteiger partial charge in [-0.25, -0.2) is 4.98 Å². The van der Waals surface area contributed by atoms with Crippen LogP contribution >= 0.6 is 15.9 Å². The molecule has 0 atom stereocenters. The van der Waals surface area contributed by atoms with Crippen LogP contribution in [0, 0.1) is 6.92 Å². The normalized spacial score (nSPS) is 9.90. The minimum atomic E-state index is 0.0763. The maximum absolute atomic E-state index is 8.79. The molecule has 1 aromatic rings. The molecule has 10 heavy (non-hydrogen) atoms. The molecule has 0 aliphatic heterocycles. The van der Waals surface area contributed by atoms with Gasteiger partial charge in [0, 0.05) is 6.20 Å². The average Bonchev–Trinajstić information content (AvgIpc) is 1.95. The van der Waals surface area contributed by atoms with Crippen LogP contribution in [0.15, 0.2) is 16.9 Å². The van der Waals surface area contributed by atoms with Gasteiger partial charge in [0.15, 0.2) is 0 Å². The molecular weight excluding hydrogens is 194 g/mol. The summed E-state index contributed by atoms with van der Waals surface area (Å²) in [6.45, 7) is 2.00. The van der Waals surface area contributed by atoms with Gasteiger partial charge in [0.2, 0.25) is 0 Å². The van der Waals surface area contributed by atoms with E-state index >= 15 is 0 Å². The summed E-state index contributed by atoms with van der Waals surface area (Å²) in [6.07, 6.45) is 1.67. The molecule has 0 aliphatic carbocycles. The van der Waals surface area contributed by atoms with Crippen LogP contribution in [0.2, 0.25) is 0 Å². The molecule has 0 saturated carbocycles. The topological polar surface area (TPSA) is 33.1 Å². The molecule has 1 heterocycles. The van der Waals surface area contributed by atoms with Gasteiger partial charge in [-0.1, -0.05) is 0 Å². The molecule has 1 rings (SSSR count). The Morgan fingerprint density at radius 3 is 2.90 bits per heavy atom. The van der Waals surface area contributed by atoms with Gasteiger partial charge in [-0.15, -0.1) is 0 Å². The fourth-order valence-electron chi connectivity index (χ4n) is 0.718.